The second-order valence-electron chi connectivity index (χ2n) is 4.75. The lowest BCUT2D eigenvalue weighted by molar-refractivity contribution is 0.600. The first kappa shape index (κ1) is 12.3. The minimum absolute atomic E-state index is 1.09. The minimum Gasteiger partial charge on any atom is -0.103 e. The van der Waals surface area contributed by atoms with Crippen molar-refractivity contribution in [3.05, 3.63) is 36.0 Å². The number of hydrogen-bond acceptors (Lipinski definition) is 0. The Balaban J connectivity index is 2.77. The maximum absolute atomic E-state index is 4.04. The van der Waals surface area contributed by atoms with Crippen LogP contribution in [0.25, 0.3) is 0 Å². The highest BCUT2D eigenvalue weighted by molar-refractivity contribution is 5.22. The van der Waals surface area contributed by atoms with Crippen molar-refractivity contribution in [2.45, 2.75) is 58.3 Å². The van der Waals surface area contributed by atoms with Gasteiger partial charge in [0.1, 0.15) is 0 Å². The van der Waals surface area contributed by atoms with Crippen LogP contribution >= 0.6 is 0 Å². The molecule has 1 aliphatic carbocycles. The van der Waals surface area contributed by atoms with Gasteiger partial charge in [0.15, 0.2) is 0 Å². The standard InChI is InChI=1S/C15H24/c1-4-9-14-10-7-5-6-8-11-15(14)12-13(2)3/h4H,1-2,5-12H2,3H3/b15-14+. The van der Waals surface area contributed by atoms with Crippen LogP contribution in [0.3, 0.4) is 0 Å². The Bertz CT molecular complexity index is 255. The molecule has 1 aliphatic rings. The van der Waals surface area contributed by atoms with Crippen molar-refractivity contribution >= 4 is 0 Å². The monoisotopic (exact) mass is 204 g/mol. The van der Waals surface area contributed by atoms with Crippen LogP contribution in [-0.2, 0) is 0 Å². The van der Waals surface area contributed by atoms with Crippen molar-refractivity contribution in [2.24, 2.45) is 0 Å². The third kappa shape index (κ3) is 4.51. The van der Waals surface area contributed by atoms with E-state index in [-0.39, 0.29) is 0 Å². The second kappa shape index (κ2) is 6.66. The molecular formula is C15H24. The Morgan fingerprint density at radius 1 is 1.13 bits per heavy atom. The van der Waals surface area contributed by atoms with Gasteiger partial charge in [-0.15, -0.1) is 6.58 Å². The van der Waals surface area contributed by atoms with E-state index in [0.717, 1.165) is 12.8 Å². The molecule has 0 aromatic heterocycles. The summed E-state index contributed by atoms with van der Waals surface area (Å²) in [5.41, 5.74) is 4.60. The van der Waals surface area contributed by atoms with Crippen molar-refractivity contribution in [3.63, 3.8) is 0 Å². The molecule has 0 aromatic carbocycles. The third-order valence-corrected chi connectivity index (χ3v) is 3.11. The molecule has 0 amide bonds. The molecule has 0 spiro atoms. The molecule has 0 aliphatic heterocycles. The Morgan fingerprint density at radius 2 is 1.73 bits per heavy atom. The maximum atomic E-state index is 4.04. The van der Waals surface area contributed by atoms with Crippen LogP contribution in [-0.4, -0.2) is 0 Å². The highest BCUT2D eigenvalue weighted by atomic mass is 14.1. The van der Waals surface area contributed by atoms with E-state index in [0.29, 0.717) is 0 Å². The van der Waals surface area contributed by atoms with Crippen LogP contribution in [0.15, 0.2) is 36.0 Å². The SMILES string of the molecule is C=CC/C1=C(\CC(=C)C)CCCCCC1. The maximum Gasteiger partial charge on any atom is -0.0111 e. The van der Waals surface area contributed by atoms with E-state index in [1.54, 1.807) is 11.1 Å². The fraction of sp³-hybridized carbons (Fsp3) is 0.600. The van der Waals surface area contributed by atoms with Gasteiger partial charge in [-0.25, -0.2) is 0 Å². The van der Waals surface area contributed by atoms with Crippen molar-refractivity contribution < 1.29 is 0 Å². The Hall–Kier alpha value is -0.780. The first-order chi connectivity index (χ1) is 7.24. The summed E-state index contributed by atoms with van der Waals surface area (Å²) in [5, 5.41) is 0. The van der Waals surface area contributed by atoms with E-state index >= 15 is 0 Å². The summed E-state index contributed by atoms with van der Waals surface area (Å²) >= 11 is 0. The Labute approximate surface area is 94.8 Å². The number of hydrogen-bond donors (Lipinski definition) is 0. The summed E-state index contributed by atoms with van der Waals surface area (Å²) in [6.45, 7) is 10.0. The molecule has 0 fully saturated rings. The predicted molar refractivity (Wildman–Crippen MR) is 69.0 cm³/mol. The number of allylic oxidation sites excluding steroid dienone is 4. The van der Waals surface area contributed by atoms with E-state index in [1.165, 1.54) is 44.1 Å². The average molecular weight is 204 g/mol. The zero-order chi connectivity index (χ0) is 11.1. The molecule has 0 aromatic rings. The van der Waals surface area contributed by atoms with Gasteiger partial charge in [0, 0.05) is 0 Å². The Kier molecular flexibility index (Phi) is 5.45. The molecule has 0 heteroatoms. The first-order valence-corrected chi connectivity index (χ1v) is 6.19. The van der Waals surface area contributed by atoms with Gasteiger partial charge in [0.05, 0.1) is 0 Å². The van der Waals surface area contributed by atoms with Crippen LogP contribution in [0.5, 0.6) is 0 Å². The summed E-state index contributed by atoms with van der Waals surface area (Å²) in [6, 6.07) is 0. The zero-order valence-corrected chi connectivity index (χ0v) is 10.1. The molecule has 15 heavy (non-hydrogen) atoms. The molecule has 84 valence electrons. The van der Waals surface area contributed by atoms with Gasteiger partial charge < -0.3 is 0 Å². The summed E-state index contributed by atoms with van der Waals surface area (Å²) in [7, 11) is 0. The van der Waals surface area contributed by atoms with Crippen LogP contribution in [0.2, 0.25) is 0 Å². The van der Waals surface area contributed by atoms with Gasteiger partial charge in [-0.3, -0.25) is 0 Å². The first-order valence-electron chi connectivity index (χ1n) is 6.19. The van der Waals surface area contributed by atoms with Gasteiger partial charge in [-0.2, -0.15) is 0 Å². The lowest BCUT2D eigenvalue weighted by Gasteiger charge is -2.18. The number of rotatable bonds is 4. The average Bonchev–Trinajstić information content (AvgIpc) is 2.15. The molecule has 1 rings (SSSR count). The second-order valence-corrected chi connectivity index (χ2v) is 4.75. The zero-order valence-electron chi connectivity index (χ0n) is 10.1. The predicted octanol–water partition coefficient (Wildman–Crippen LogP) is 5.18. The molecule has 0 heterocycles. The van der Waals surface area contributed by atoms with E-state index in [1.807, 2.05) is 0 Å². The van der Waals surface area contributed by atoms with Crippen LogP contribution in [0.4, 0.5) is 0 Å². The van der Waals surface area contributed by atoms with E-state index in [9.17, 15) is 0 Å². The molecule has 0 radical (unpaired) electrons. The normalized spacial score (nSPS) is 23.0. The summed E-state index contributed by atoms with van der Waals surface area (Å²) in [5.74, 6) is 0. The molecule has 0 atom stereocenters. The van der Waals surface area contributed by atoms with Crippen molar-refractivity contribution in [2.75, 3.05) is 0 Å². The molecule has 0 nitrogen and oxygen atoms in total. The van der Waals surface area contributed by atoms with Crippen LogP contribution < -0.4 is 0 Å². The summed E-state index contributed by atoms with van der Waals surface area (Å²) in [4.78, 5) is 0. The molecular weight excluding hydrogens is 180 g/mol. The fourth-order valence-electron chi connectivity index (χ4n) is 2.38. The van der Waals surface area contributed by atoms with Crippen molar-refractivity contribution in [1.29, 1.82) is 0 Å². The lowest BCUT2D eigenvalue weighted by Crippen LogP contribution is -1.98. The van der Waals surface area contributed by atoms with Crippen LogP contribution in [0, 0.1) is 0 Å². The topological polar surface area (TPSA) is 0 Å². The van der Waals surface area contributed by atoms with Gasteiger partial charge in [0.25, 0.3) is 0 Å². The smallest absolute Gasteiger partial charge is 0.0111 e. The van der Waals surface area contributed by atoms with E-state index in [2.05, 4.69) is 26.2 Å². The summed E-state index contributed by atoms with van der Waals surface area (Å²) < 4.78 is 0. The molecule has 0 N–H and O–H groups in total. The van der Waals surface area contributed by atoms with Crippen molar-refractivity contribution in [1.82, 2.24) is 0 Å². The van der Waals surface area contributed by atoms with E-state index in [4.69, 9.17) is 0 Å². The summed E-state index contributed by atoms with van der Waals surface area (Å²) in [6.07, 6.45) is 12.4. The van der Waals surface area contributed by atoms with Gasteiger partial charge in [-0.05, 0) is 45.4 Å². The highest BCUT2D eigenvalue weighted by Crippen LogP contribution is 2.29. The largest absolute Gasteiger partial charge is 0.103 e. The van der Waals surface area contributed by atoms with Crippen molar-refractivity contribution in [3.8, 4) is 0 Å². The van der Waals surface area contributed by atoms with Gasteiger partial charge in [0.2, 0.25) is 0 Å². The lowest BCUT2D eigenvalue weighted by atomic mass is 9.88. The van der Waals surface area contributed by atoms with Gasteiger partial charge >= 0.3 is 0 Å². The Morgan fingerprint density at radius 3 is 2.27 bits per heavy atom. The van der Waals surface area contributed by atoms with Gasteiger partial charge in [-0.1, -0.05) is 42.2 Å². The molecule has 0 bridgehead atoms. The van der Waals surface area contributed by atoms with E-state index < -0.39 is 0 Å². The molecule has 0 saturated heterocycles. The fourth-order valence-corrected chi connectivity index (χ4v) is 2.38. The third-order valence-electron chi connectivity index (χ3n) is 3.11. The highest BCUT2D eigenvalue weighted by Gasteiger charge is 2.09. The minimum atomic E-state index is 1.09. The molecule has 0 saturated carbocycles. The van der Waals surface area contributed by atoms with Crippen LogP contribution in [0.1, 0.15) is 58.3 Å². The molecule has 0 unspecified atom stereocenters. The quantitative estimate of drug-likeness (QED) is 0.553.